The molecule has 0 saturated carbocycles. The highest BCUT2D eigenvalue weighted by Gasteiger charge is 2.51. The minimum atomic E-state index is -2.52. The molecule has 0 saturated heterocycles. The fraction of sp³-hybridized carbons (Fsp3) is 0.471. The van der Waals surface area contributed by atoms with Gasteiger partial charge in [0.1, 0.15) is 52.9 Å². The summed E-state index contributed by atoms with van der Waals surface area (Å²) in [4.78, 5) is 15.8. The van der Waals surface area contributed by atoms with E-state index in [9.17, 15) is 0 Å². The van der Waals surface area contributed by atoms with Crippen molar-refractivity contribution in [3.05, 3.63) is 70.4 Å². The Morgan fingerprint density at radius 2 is 0.690 bits per heavy atom. The van der Waals surface area contributed by atoms with Crippen LogP contribution in [0.25, 0.3) is 93.1 Å². The monoisotopic (exact) mass is 1320 g/mol. The van der Waals surface area contributed by atoms with Crippen LogP contribution < -0.4 is 10.4 Å². The summed E-state index contributed by atoms with van der Waals surface area (Å²) in [5, 5.41) is 29.5. The quantitative estimate of drug-likeness (QED) is 0.0434. The number of nitrogens with one attached hydrogen (secondary N) is 2. The largest absolute Gasteiger partial charge is 0.197 e. The molecule has 3 aliphatic heterocycles. The fourth-order valence-electron chi connectivity index (χ4n) is 14.1. The molecule has 0 aliphatic carbocycles. The van der Waals surface area contributed by atoms with Crippen LogP contribution in [0.1, 0.15) is 168 Å². The van der Waals surface area contributed by atoms with Gasteiger partial charge in [-0.1, -0.05) is 158 Å². The molecule has 3 aliphatic rings. The van der Waals surface area contributed by atoms with Crippen LogP contribution in [-0.4, -0.2) is 38.9 Å². The third kappa shape index (κ3) is 11.7. The van der Waals surface area contributed by atoms with Crippen LogP contribution in [-0.2, 0) is 35.6 Å². The normalized spacial score (nSPS) is 16.2. The molecular weight excluding hydrogens is 1240 g/mol. The molecule has 8 aromatic heterocycles. The zero-order valence-corrected chi connectivity index (χ0v) is 59.1. The third-order valence-electron chi connectivity index (χ3n) is 19.1. The van der Waals surface area contributed by atoms with Crippen molar-refractivity contribution in [2.24, 2.45) is 41.1 Å². The zero-order chi connectivity index (χ0) is 59.8. The van der Waals surface area contributed by atoms with Crippen LogP contribution in [0.2, 0.25) is 12.1 Å². The first-order valence-electron chi connectivity index (χ1n) is 32.4. The lowest BCUT2D eigenvalue weighted by molar-refractivity contribution is 0.452. The Morgan fingerprint density at radius 1 is 0.368 bits per heavy atom. The maximum atomic E-state index is 5.20. The van der Waals surface area contributed by atoms with E-state index in [1.165, 1.54) is 186 Å². The van der Waals surface area contributed by atoms with Crippen LogP contribution >= 0.6 is 68.0 Å². The second-order valence-electron chi connectivity index (χ2n) is 24.6. The summed E-state index contributed by atoms with van der Waals surface area (Å²) in [5.41, 5.74) is 11.2. The van der Waals surface area contributed by atoms with Crippen molar-refractivity contribution in [3.63, 3.8) is 0 Å². The number of unbranched alkanes of at least 4 members (excludes halogenated alkanes) is 4. The van der Waals surface area contributed by atoms with E-state index in [2.05, 4.69) is 126 Å². The highest BCUT2D eigenvalue weighted by Crippen LogP contribution is 2.59. The molecule has 87 heavy (non-hydrogen) atoms. The summed E-state index contributed by atoms with van der Waals surface area (Å²) in [6.45, 7) is 18.9. The summed E-state index contributed by atoms with van der Waals surface area (Å²) >= 11 is 14.1. The molecule has 0 spiro atoms. The molecule has 2 aromatic carbocycles. The van der Waals surface area contributed by atoms with Gasteiger partial charge in [-0.15, -0.1) is 68.0 Å². The van der Waals surface area contributed by atoms with Crippen molar-refractivity contribution in [2.75, 3.05) is 0 Å². The van der Waals surface area contributed by atoms with Crippen molar-refractivity contribution in [3.8, 4) is 71.0 Å². The Labute approximate surface area is 545 Å². The maximum absolute atomic E-state index is 5.20. The highest BCUT2D eigenvalue weighted by atomic mass is 32.1. The van der Waals surface area contributed by atoms with Gasteiger partial charge in [0.2, 0.25) is 0 Å². The minimum absolute atomic E-state index is 0.628. The number of nitrogens with zero attached hydrogens (tertiary/aromatic N) is 8. The molecule has 0 fully saturated rings. The number of H-pyrrole nitrogens is 2. The SMILES string of the molecule is CCCCC(CC)Cc1ccc(-c2ccc(-c3c4c(c(-c5cc6c(s5)-c5sc(-c7c8c(c(-c9ccc(-c%10ccc(CC(CC)CCCC)s%10)s9)c9n[nH]nc79)N=S=N8)cc5[Si]6(CC(CC)CCCC)CC(CC)CCCC)c5n[nH]nc35)N=S=N4)s2)s1. The topological polar surface area (TPSA) is 133 Å². The van der Waals surface area contributed by atoms with Gasteiger partial charge < -0.3 is 0 Å². The number of hydrogen-bond donors (Lipinski definition) is 2. The summed E-state index contributed by atoms with van der Waals surface area (Å²) in [6.07, 6.45) is 22.3. The van der Waals surface area contributed by atoms with Crippen molar-refractivity contribution >= 4 is 154 Å². The molecule has 4 atom stereocenters. The van der Waals surface area contributed by atoms with Gasteiger partial charge in [0.25, 0.3) is 0 Å². The van der Waals surface area contributed by atoms with E-state index in [1.54, 1.807) is 10.4 Å². The Balaban J connectivity index is 0.919. The summed E-state index contributed by atoms with van der Waals surface area (Å²) in [6, 6.07) is 26.3. The molecule has 13 rings (SSSR count). The Kier molecular flexibility index (Phi) is 19.0. The first-order chi connectivity index (χ1) is 42.7. The van der Waals surface area contributed by atoms with E-state index in [0.29, 0.717) is 11.8 Å². The van der Waals surface area contributed by atoms with E-state index < -0.39 is 8.07 Å². The highest BCUT2D eigenvalue weighted by molar-refractivity contribution is 7.58. The predicted molar refractivity (Wildman–Crippen MR) is 385 cm³/mol. The Morgan fingerprint density at radius 3 is 1.05 bits per heavy atom. The minimum Gasteiger partial charge on any atom is -0.197 e. The molecular formula is C68H80N10S8Si. The van der Waals surface area contributed by atoms with Crippen LogP contribution in [0, 0.1) is 23.7 Å². The fourth-order valence-corrected chi connectivity index (χ4v) is 30.2. The van der Waals surface area contributed by atoms with Crippen LogP contribution in [0.3, 0.4) is 0 Å². The van der Waals surface area contributed by atoms with Gasteiger partial charge in [-0.3, -0.25) is 0 Å². The van der Waals surface area contributed by atoms with Crippen molar-refractivity contribution in [2.45, 2.75) is 183 Å². The number of benzene rings is 2. The lowest BCUT2D eigenvalue weighted by atomic mass is 9.95. The third-order valence-corrected chi connectivity index (χ3v) is 33.2. The molecule has 19 heteroatoms. The van der Waals surface area contributed by atoms with Crippen molar-refractivity contribution < 1.29 is 0 Å². The zero-order valence-electron chi connectivity index (χ0n) is 51.6. The average molecular weight is 1320 g/mol. The molecule has 454 valence electrons. The van der Waals surface area contributed by atoms with Gasteiger partial charge in [-0.2, -0.15) is 48.3 Å². The number of fused-ring (bicyclic) bond motifs is 7. The number of rotatable bonds is 30. The van der Waals surface area contributed by atoms with Crippen molar-refractivity contribution in [1.29, 1.82) is 0 Å². The second-order valence-corrected chi connectivity index (χ2v) is 36.3. The first-order valence-corrected chi connectivity index (χ1v) is 41.2. The lowest BCUT2D eigenvalue weighted by Crippen LogP contribution is -2.56. The van der Waals surface area contributed by atoms with Gasteiger partial charge in [0.05, 0.1) is 45.0 Å². The standard InChI is InChI=1S/C68H80N10S8Si/c1-9-17-21-39(13-5)33-43-25-27-45(79-43)47-29-31-49(81-47)55-59-61(71-77-69-59)57(65-63(55)73-85-75-65)51-35-53-67(83-51)68-54(87(53,37-41(15-7)23-19-11-3)38-42(16-8)24-20-12-4)36-52(84-68)58-62-60(70-78-72-62)56(64-66(58)76-86-74-64)50-32-30-48(82-50)46-28-26-44(80-46)34-40(14-6)22-18-10-2/h25-32,35-36,39-42H,9-24,33-34,37-38H2,1-8H3,(H,69,71,77)(H,70,72,78). The maximum Gasteiger partial charge on any atom is 0.124 e. The number of hydrogen-bond acceptors (Lipinski definition) is 14. The van der Waals surface area contributed by atoms with E-state index in [1.807, 2.05) is 68.0 Å². The van der Waals surface area contributed by atoms with Crippen molar-refractivity contribution in [1.82, 2.24) is 30.8 Å². The Bertz CT molecular complexity index is 3970. The second kappa shape index (κ2) is 27.0. The van der Waals surface area contributed by atoms with E-state index in [0.717, 1.165) is 102 Å². The molecule has 10 nitrogen and oxygen atoms in total. The summed E-state index contributed by atoms with van der Waals surface area (Å²) < 4.78 is 20.7. The molecule has 10 aromatic rings. The Hall–Kier alpha value is -4.70. The van der Waals surface area contributed by atoms with Crippen LogP contribution in [0.15, 0.2) is 78.1 Å². The van der Waals surface area contributed by atoms with Gasteiger partial charge in [0, 0.05) is 58.5 Å². The van der Waals surface area contributed by atoms with Gasteiger partial charge in [-0.05, 0) is 120 Å². The molecule has 0 amide bonds. The number of aromatic amines is 2. The number of thiophene rings is 6. The molecule has 0 bridgehead atoms. The molecule has 0 radical (unpaired) electrons. The van der Waals surface area contributed by atoms with Crippen LogP contribution in [0.5, 0.6) is 0 Å². The van der Waals surface area contributed by atoms with Gasteiger partial charge >= 0.3 is 0 Å². The first kappa shape index (κ1) is 61.2. The van der Waals surface area contributed by atoms with Gasteiger partial charge in [-0.25, -0.2) is 0 Å². The summed E-state index contributed by atoms with van der Waals surface area (Å²) in [7, 11) is -2.52. The van der Waals surface area contributed by atoms with Gasteiger partial charge in [0.15, 0.2) is 0 Å². The van der Waals surface area contributed by atoms with E-state index in [-0.39, 0.29) is 0 Å². The smallest absolute Gasteiger partial charge is 0.124 e. The van der Waals surface area contributed by atoms with E-state index in [4.69, 9.17) is 37.8 Å². The summed E-state index contributed by atoms with van der Waals surface area (Å²) in [5.74, 6) is 2.74. The lowest BCUT2D eigenvalue weighted by Gasteiger charge is -2.35. The number of aromatic nitrogens is 6. The van der Waals surface area contributed by atoms with E-state index >= 15 is 0 Å². The predicted octanol–water partition coefficient (Wildman–Crippen LogP) is 23.5. The molecule has 2 N–H and O–H groups in total. The average Bonchev–Trinajstić information content (AvgIpc) is 1.56. The molecule has 4 unspecified atom stereocenters. The molecule has 11 heterocycles. The van der Waals surface area contributed by atoms with Crippen LogP contribution in [0.4, 0.5) is 22.7 Å².